The Balaban J connectivity index is 1.77. The molecule has 3 aromatic rings. The van der Waals surface area contributed by atoms with Gasteiger partial charge < -0.3 is 24.6 Å². The van der Waals surface area contributed by atoms with Crippen molar-refractivity contribution in [1.82, 2.24) is 0 Å². The van der Waals surface area contributed by atoms with Gasteiger partial charge in [-0.2, -0.15) is 0 Å². The SMILES string of the molecule is COc1cc(/C=C\c2ccccc2N/C=C\C(O)c2ccc(F)cc2)cc(OC)c1OC. The second-order valence-electron chi connectivity index (χ2n) is 6.88. The maximum absolute atomic E-state index is 13.0. The summed E-state index contributed by atoms with van der Waals surface area (Å²) in [5, 5.41) is 13.4. The van der Waals surface area contributed by atoms with Gasteiger partial charge in [-0.1, -0.05) is 42.5 Å². The highest BCUT2D eigenvalue weighted by Gasteiger charge is 2.12. The molecule has 0 aliphatic heterocycles. The first-order chi connectivity index (χ1) is 15.5. The fraction of sp³-hybridized carbons (Fsp3) is 0.154. The number of benzene rings is 3. The van der Waals surface area contributed by atoms with Crippen molar-refractivity contribution >= 4 is 17.8 Å². The Morgan fingerprint density at radius 2 is 1.53 bits per heavy atom. The Bertz CT molecular complexity index is 1070. The van der Waals surface area contributed by atoms with E-state index in [2.05, 4.69) is 5.32 Å². The van der Waals surface area contributed by atoms with Crippen molar-refractivity contribution in [3.05, 3.63) is 95.4 Å². The molecular weight excluding hydrogens is 409 g/mol. The molecule has 32 heavy (non-hydrogen) atoms. The van der Waals surface area contributed by atoms with E-state index < -0.39 is 6.10 Å². The number of nitrogens with one attached hydrogen (secondary N) is 1. The molecule has 6 heteroatoms. The Hall–Kier alpha value is -3.77. The number of para-hydroxylation sites is 1. The number of hydrogen-bond acceptors (Lipinski definition) is 5. The van der Waals surface area contributed by atoms with Crippen molar-refractivity contribution in [2.24, 2.45) is 0 Å². The second-order valence-corrected chi connectivity index (χ2v) is 6.88. The molecule has 0 aliphatic carbocycles. The lowest BCUT2D eigenvalue weighted by Crippen LogP contribution is -1.96. The fourth-order valence-corrected chi connectivity index (χ4v) is 3.16. The molecule has 2 N–H and O–H groups in total. The summed E-state index contributed by atoms with van der Waals surface area (Å²) in [7, 11) is 4.73. The number of rotatable bonds is 9. The molecule has 0 fully saturated rings. The van der Waals surface area contributed by atoms with Crippen LogP contribution in [0.3, 0.4) is 0 Å². The zero-order valence-corrected chi connectivity index (χ0v) is 18.2. The maximum atomic E-state index is 13.0. The third-order valence-corrected chi connectivity index (χ3v) is 4.83. The molecule has 0 saturated carbocycles. The minimum atomic E-state index is -0.843. The van der Waals surface area contributed by atoms with Crippen LogP contribution in [0.4, 0.5) is 10.1 Å². The fourth-order valence-electron chi connectivity index (χ4n) is 3.16. The molecule has 0 heterocycles. The van der Waals surface area contributed by atoms with Crippen LogP contribution >= 0.6 is 0 Å². The van der Waals surface area contributed by atoms with Gasteiger partial charge in [0.1, 0.15) is 5.82 Å². The average molecular weight is 435 g/mol. The van der Waals surface area contributed by atoms with Crippen LogP contribution < -0.4 is 19.5 Å². The Kier molecular flexibility index (Phi) is 7.89. The molecule has 0 bridgehead atoms. The summed E-state index contributed by atoms with van der Waals surface area (Å²) >= 11 is 0. The predicted octanol–water partition coefficient (Wildman–Crippen LogP) is 5.68. The molecule has 0 saturated heterocycles. The quantitative estimate of drug-likeness (QED) is 0.424. The number of aliphatic hydroxyl groups is 1. The van der Waals surface area contributed by atoms with Crippen molar-refractivity contribution in [2.75, 3.05) is 26.6 Å². The Labute approximate surface area is 187 Å². The minimum Gasteiger partial charge on any atom is -0.493 e. The van der Waals surface area contributed by atoms with Gasteiger partial charge >= 0.3 is 0 Å². The van der Waals surface area contributed by atoms with E-state index in [1.807, 2.05) is 48.6 Å². The molecule has 3 rings (SSSR count). The van der Waals surface area contributed by atoms with Crippen LogP contribution in [0.15, 0.2) is 72.9 Å². The number of ether oxygens (including phenoxy) is 3. The summed E-state index contributed by atoms with van der Waals surface area (Å²) in [5.41, 5.74) is 3.30. The molecule has 166 valence electrons. The molecule has 0 amide bonds. The van der Waals surface area contributed by atoms with Crippen LogP contribution in [-0.2, 0) is 0 Å². The van der Waals surface area contributed by atoms with Gasteiger partial charge in [0.15, 0.2) is 11.5 Å². The lowest BCUT2D eigenvalue weighted by atomic mass is 10.1. The van der Waals surface area contributed by atoms with Crippen LogP contribution in [0.1, 0.15) is 22.8 Å². The average Bonchev–Trinajstić information content (AvgIpc) is 2.82. The van der Waals surface area contributed by atoms with Crippen LogP contribution in [0, 0.1) is 5.82 Å². The van der Waals surface area contributed by atoms with E-state index in [0.29, 0.717) is 22.8 Å². The van der Waals surface area contributed by atoms with Gasteiger partial charge in [0.05, 0.1) is 27.4 Å². The monoisotopic (exact) mass is 435 g/mol. The van der Waals surface area contributed by atoms with Crippen LogP contribution in [0.2, 0.25) is 0 Å². The number of anilines is 1. The van der Waals surface area contributed by atoms with E-state index in [-0.39, 0.29) is 5.82 Å². The summed E-state index contributed by atoms with van der Waals surface area (Å²) in [6.07, 6.45) is 6.34. The van der Waals surface area contributed by atoms with Gasteiger partial charge in [0.25, 0.3) is 0 Å². The summed E-state index contributed by atoms with van der Waals surface area (Å²) in [6, 6.07) is 17.3. The maximum Gasteiger partial charge on any atom is 0.203 e. The second kappa shape index (κ2) is 11.0. The van der Waals surface area contributed by atoms with E-state index in [1.165, 1.54) is 12.1 Å². The van der Waals surface area contributed by atoms with Crippen molar-refractivity contribution in [3.63, 3.8) is 0 Å². The highest BCUT2D eigenvalue weighted by atomic mass is 19.1. The van der Waals surface area contributed by atoms with Gasteiger partial charge in [-0.3, -0.25) is 0 Å². The van der Waals surface area contributed by atoms with E-state index in [9.17, 15) is 9.50 Å². The smallest absolute Gasteiger partial charge is 0.203 e. The third-order valence-electron chi connectivity index (χ3n) is 4.83. The third kappa shape index (κ3) is 5.68. The van der Waals surface area contributed by atoms with Crippen LogP contribution in [0.25, 0.3) is 12.2 Å². The van der Waals surface area contributed by atoms with Crippen molar-refractivity contribution in [2.45, 2.75) is 6.10 Å². The van der Waals surface area contributed by atoms with Gasteiger partial charge in [0.2, 0.25) is 5.75 Å². The summed E-state index contributed by atoms with van der Waals surface area (Å²) < 4.78 is 29.2. The van der Waals surface area contributed by atoms with Crippen LogP contribution in [0.5, 0.6) is 17.2 Å². The van der Waals surface area contributed by atoms with E-state index >= 15 is 0 Å². The molecule has 5 nitrogen and oxygen atoms in total. The largest absolute Gasteiger partial charge is 0.493 e. The Morgan fingerprint density at radius 1 is 0.875 bits per heavy atom. The van der Waals surface area contributed by atoms with Gasteiger partial charge in [-0.15, -0.1) is 0 Å². The van der Waals surface area contributed by atoms with Gasteiger partial charge in [0, 0.05) is 5.69 Å². The van der Waals surface area contributed by atoms with Crippen LogP contribution in [-0.4, -0.2) is 26.4 Å². The summed E-state index contributed by atoms with van der Waals surface area (Å²) in [5.74, 6) is 1.36. The van der Waals surface area contributed by atoms with E-state index in [0.717, 1.165) is 16.8 Å². The summed E-state index contributed by atoms with van der Waals surface area (Å²) in [6.45, 7) is 0. The molecule has 0 aromatic heterocycles. The number of halogens is 1. The highest BCUT2D eigenvalue weighted by Crippen LogP contribution is 2.38. The van der Waals surface area contributed by atoms with Gasteiger partial charge in [-0.05, 0) is 59.3 Å². The molecule has 1 unspecified atom stereocenters. The highest BCUT2D eigenvalue weighted by molar-refractivity contribution is 5.78. The molecule has 1 atom stereocenters. The first-order valence-electron chi connectivity index (χ1n) is 9.99. The number of aliphatic hydroxyl groups excluding tert-OH is 1. The van der Waals surface area contributed by atoms with Crippen molar-refractivity contribution < 1.29 is 23.7 Å². The lowest BCUT2D eigenvalue weighted by molar-refractivity contribution is 0.228. The molecule has 0 radical (unpaired) electrons. The van der Waals surface area contributed by atoms with Crippen molar-refractivity contribution in [1.29, 1.82) is 0 Å². The zero-order valence-electron chi connectivity index (χ0n) is 18.2. The van der Waals surface area contributed by atoms with Gasteiger partial charge in [-0.25, -0.2) is 4.39 Å². The molecule has 0 aliphatic rings. The first-order valence-corrected chi connectivity index (χ1v) is 9.99. The molecule has 3 aromatic carbocycles. The molecule has 0 spiro atoms. The normalized spacial score (nSPS) is 12.2. The minimum absolute atomic E-state index is 0.337. The van der Waals surface area contributed by atoms with E-state index in [1.54, 1.807) is 45.7 Å². The first kappa shape index (κ1) is 22.9. The number of hydrogen-bond donors (Lipinski definition) is 2. The van der Waals surface area contributed by atoms with Crippen molar-refractivity contribution in [3.8, 4) is 17.2 Å². The van der Waals surface area contributed by atoms with E-state index in [4.69, 9.17) is 14.2 Å². The molecular formula is C26H26FNO4. The predicted molar refractivity (Wildman–Crippen MR) is 126 cm³/mol. The number of methoxy groups -OCH3 is 3. The Morgan fingerprint density at radius 3 is 2.16 bits per heavy atom. The topological polar surface area (TPSA) is 60.0 Å². The standard InChI is InChI=1S/C26H26FNO4/c1-30-24-16-18(17-25(31-2)26(24)32-3)8-9-19-6-4-5-7-22(19)28-15-14-23(29)20-10-12-21(27)13-11-20/h4-17,23,28-29H,1-3H3/b9-8-,15-14-. The summed E-state index contributed by atoms with van der Waals surface area (Å²) in [4.78, 5) is 0. The zero-order chi connectivity index (χ0) is 22.9. The lowest BCUT2D eigenvalue weighted by Gasteiger charge is -2.13.